The minimum absolute atomic E-state index is 0.969. The SMILES string of the molecule is CC(C)=CCC/C(C)=C/CC/C(C)=N/N. The van der Waals surface area contributed by atoms with Gasteiger partial charge in [-0.2, -0.15) is 5.10 Å². The second kappa shape index (κ2) is 8.27. The Morgan fingerprint density at radius 2 is 1.60 bits per heavy atom. The van der Waals surface area contributed by atoms with Crippen LogP contribution in [0.4, 0.5) is 0 Å². The van der Waals surface area contributed by atoms with Gasteiger partial charge in [0, 0.05) is 5.71 Å². The Morgan fingerprint density at radius 1 is 1.00 bits per heavy atom. The molecule has 0 saturated carbocycles. The van der Waals surface area contributed by atoms with Crippen molar-refractivity contribution in [1.82, 2.24) is 0 Å². The molecule has 0 radical (unpaired) electrons. The molecule has 0 aliphatic heterocycles. The van der Waals surface area contributed by atoms with Crippen LogP contribution in [0.3, 0.4) is 0 Å². The molecule has 0 heterocycles. The summed E-state index contributed by atoms with van der Waals surface area (Å²) in [4.78, 5) is 0. The summed E-state index contributed by atoms with van der Waals surface area (Å²) in [6.07, 6.45) is 8.89. The Bertz CT molecular complexity index is 256. The fourth-order valence-corrected chi connectivity index (χ4v) is 1.28. The first-order chi connectivity index (χ1) is 7.06. The van der Waals surface area contributed by atoms with E-state index in [4.69, 9.17) is 5.84 Å². The lowest BCUT2D eigenvalue weighted by Gasteiger charge is -1.99. The predicted molar refractivity (Wildman–Crippen MR) is 69.0 cm³/mol. The Balaban J connectivity index is 3.75. The molecule has 0 rings (SSSR count). The lowest BCUT2D eigenvalue weighted by atomic mass is 10.1. The molecule has 0 aromatic rings. The summed E-state index contributed by atoms with van der Waals surface area (Å²) in [5.74, 6) is 5.16. The summed E-state index contributed by atoms with van der Waals surface area (Å²) in [6.45, 7) is 8.43. The van der Waals surface area contributed by atoms with Gasteiger partial charge in [-0.25, -0.2) is 0 Å². The van der Waals surface area contributed by atoms with E-state index < -0.39 is 0 Å². The lowest BCUT2D eigenvalue weighted by Crippen LogP contribution is -1.95. The van der Waals surface area contributed by atoms with Crippen LogP contribution in [0.5, 0.6) is 0 Å². The summed E-state index contributed by atoms with van der Waals surface area (Å²) < 4.78 is 0. The molecule has 0 aliphatic rings. The van der Waals surface area contributed by atoms with Gasteiger partial charge in [-0.3, -0.25) is 0 Å². The summed E-state index contributed by atoms with van der Waals surface area (Å²) >= 11 is 0. The molecule has 0 fully saturated rings. The highest BCUT2D eigenvalue weighted by Crippen LogP contribution is 2.08. The second-order valence-corrected chi connectivity index (χ2v) is 4.27. The second-order valence-electron chi connectivity index (χ2n) is 4.27. The summed E-state index contributed by atoms with van der Waals surface area (Å²) in [7, 11) is 0. The smallest absolute Gasteiger partial charge is 0.0348 e. The first-order valence-corrected chi connectivity index (χ1v) is 5.58. The molecule has 86 valence electrons. The minimum Gasteiger partial charge on any atom is -0.323 e. The summed E-state index contributed by atoms with van der Waals surface area (Å²) in [5.41, 5.74) is 3.87. The zero-order chi connectivity index (χ0) is 11.7. The first kappa shape index (κ1) is 13.9. The fraction of sp³-hybridized carbons (Fsp3) is 0.615. The van der Waals surface area contributed by atoms with Crippen LogP contribution in [0.25, 0.3) is 0 Å². The van der Waals surface area contributed by atoms with E-state index in [0.717, 1.165) is 31.4 Å². The first-order valence-electron chi connectivity index (χ1n) is 5.58. The number of rotatable bonds is 6. The number of hydrogen-bond donors (Lipinski definition) is 1. The zero-order valence-electron chi connectivity index (χ0n) is 10.5. The van der Waals surface area contributed by atoms with Crippen LogP contribution in [0, 0.1) is 0 Å². The predicted octanol–water partition coefficient (Wildman–Crippen LogP) is 3.79. The van der Waals surface area contributed by atoms with Gasteiger partial charge in [-0.15, -0.1) is 0 Å². The molecule has 15 heavy (non-hydrogen) atoms. The van der Waals surface area contributed by atoms with E-state index in [1.165, 1.54) is 11.1 Å². The average Bonchev–Trinajstić information content (AvgIpc) is 2.17. The maximum absolute atomic E-state index is 5.16. The van der Waals surface area contributed by atoms with Gasteiger partial charge in [0.25, 0.3) is 0 Å². The van der Waals surface area contributed by atoms with Crippen LogP contribution in [-0.2, 0) is 0 Å². The van der Waals surface area contributed by atoms with E-state index in [1.807, 2.05) is 6.92 Å². The normalized spacial score (nSPS) is 12.8. The van der Waals surface area contributed by atoms with Gasteiger partial charge in [0.2, 0.25) is 0 Å². The molecule has 0 spiro atoms. The molecular formula is C13H24N2. The lowest BCUT2D eigenvalue weighted by molar-refractivity contribution is 0.941. The third-order valence-electron chi connectivity index (χ3n) is 2.31. The van der Waals surface area contributed by atoms with E-state index in [0.29, 0.717) is 0 Å². The van der Waals surface area contributed by atoms with Gasteiger partial charge < -0.3 is 5.84 Å². The number of nitrogens with two attached hydrogens (primary N) is 1. The van der Waals surface area contributed by atoms with Gasteiger partial charge in [0.05, 0.1) is 0 Å². The molecule has 2 N–H and O–H groups in total. The van der Waals surface area contributed by atoms with Crippen LogP contribution < -0.4 is 5.84 Å². The van der Waals surface area contributed by atoms with Crippen molar-refractivity contribution >= 4 is 5.71 Å². The van der Waals surface area contributed by atoms with Crippen molar-refractivity contribution in [2.24, 2.45) is 10.9 Å². The molecule has 0 aliphatic carbocycles. The third kappa shape index (κ3) is 9.26. The number of hydrazone groups is 1. The molecule has 0 saturated heterocycles. The van der Waals surface area contributed by atoms with Gasteiger partial charge in [-0.1, -0.05) is 23.3 Å². The topological polar surface area (TPSA) is 38.4 Å². The van der Waals surface area contributed by atoms with E-state index in [9.17, 15) is 0 Å². The highest BCUT2D eigenvalue weighted by Gasteiger charge is 1.91. The molecule has 0 unspecified atom stereocenters. The maximum atomic E-state index is 5.16. The van der Waals surface area contributed by atoms with Gasteiger partial charge in [0.1, 0.15) is 0 Å². The zero-order valence-corrected chi connectivity index (χ0v) is 10.5. The number of hydrogen-bond acceptors (Lipinski definition) is 2. The van der Waals surface area contributed by atoms with Crippen LogP contribution in [0.2, 0.25) is 0 Å². The molecule has 0 aromatic carbocycles. The fourth-order valence-electron chi connectivity index (χ4n) is 1.28. The molecule has 0 aromatic heterocycles. The van der Waals surface area contributed by atoms with Crippen molar-refractivity contribution in [3.8, 4) is 0 Å². The molecule has 2 heteroatoms. The standard InChI is InChI=1S/C13H24N2/c1-11(2)7-5-8-12(3)9-6-10-13(4)15-14/h7,9H,5-6,8,10,14H2,1-4H3/b12-9+,15-13+. The average molecular weight is 208 g/mol. The van der Waals surface area contributed by atoms with Crippen molar-refractivity contribution in [3.63, 3.8) is 0 Å². The van der Waals surface area contributed by atoms with E-state index in [1.54, 1.807) is 0 Å². The molecule has 0 atom stereocenters. The maximum Gasteiger partial charge on any atom is 0.0348 e. The van der Waals surface area contributed by atoms with Crippen molar-refractivity contribution in [2.75, 3.05) is 0 Å². The van der Waals surface area contributed by atoms with Gasteiger partial charge in [0.15, 0.2) is 0 Å². The quantitative estimate of drug-likeness (QED) is 0.307. The van der Waals surface area contributed by atoms with Crippen LogP contribution in [-0.4, -0.2) is 5.71 Å². The number of allylic oxidation sites excluding steroid dienone is 4. The Morgan fingerprint density at radius 3 is 2.13 bits per heavy atom. The Labute approximate surface area is 93.9 Å². The molecular weight excluding hydrogens is 184 g/mol. The van der Waals surface area contributed by atoms with Crippen molar-refractivity contribution in [1.29, 1.82) is 0 Å². The summed E-state index contributed by atoms with van der Waals surface area (Å²) in [6, 6.07) is 0. The van der Waals surface area contributed by atoms with Gasteiger partial charge >= 0.3 is 0 Å². The van der Waals surface area contributed by atoms with Crippen LogP contribution in [0.1, 0.15) is 53.4 Å². The van der Waals surface area contributed by atoms with E-state index >= 15 is 0 Å². The summed E-state index contributed by atoms with van der Waals surface area (Å²) in [5, 5.41) is 3.65. The number of nitrogens with zero attached hydrogens (tertiary/aromatic N) is 1. The van der Waals surface area contributed by atoms with Crippen LogP contribution in [0.15, 0.2) is 28.4 Å². The molecule has 2 nitrogen and oxygen atoms in total. The van der Waals surface area contributed by atoms with Crippen molar-refractivity contribution in [2.45, 2.75) is 53.4 Å². The van der Waals surface area contributed by atoms with Gasteiger partial charge in [-0.05, 0) is 53.4 Å². The highest BCUT2D eigenvalue weighted by molar-refractivity contribution is 5.81. The monoisotopic (exact) mass is 208 g/mol. The largest absolute Gasteiger partial charge is 0.323 e. The van der Waals surface area contributed by atoms with Crippen LogP contribution >= 0.6 is 0 Å². The van der Waals surface area contributed by atoms with Crippen molar-refractivity contribution in [3.05, 3.63) is 23.3 Å². The highest BCUT2D eigenvalue weighted by atomic mass is 15.1. The van der Waals surface area contributed by atoms with Crippen molar-refractivity contribution < 1.29 is 0 Å². The van der Waals surface area contributed by atoms with E-state index in [2.05, 4.69) is 38.0 Å². The Kier molecular flexibility index (Phi) is 7.69. The third-order valence-corrected chi connectivity index (χ3v) is 2.31. The molecule has 0 bridgehead atoms. The van der Waals surface area contributed by atoms with E-state index in [-0.39, 0.29) is 0 Å². The minimum atomic E-state index is 0.969. The molecule has 0 amide bonds. The Hall–Kier alpha value is -1.05.